The second-order valence-corrected chi connectivity index (χ2v) is 17.8. The van der Waals surface area contributed by atoms with E-state index < -0.39 is 83.0 Å². The maximum absolute atomic E-state index is 14.6. The SMILES string of the molecule is CCC(CC)N1C(=O)c2ccc3c4c(ccc(c24)C1=O)C(=O)N(N1C(=O)c2ccc4c5c(ccc(c25)C1=O)C(=O)N(N1C(=O)c2ccc5c6c(ccc(c26)C1=O)C(=O)N(C(CC)CC)C5=O)C4=O)C3=O. The summed E-state index contributed by atoms with van der Waals surface area (Å²) in [6, 6.07) is 14.6. The van der Waals surface area contributed by atoms with Crippen LogP contribution in [0.4, 0.5) is 0 Å². The number of benzene rings is 6. The van der Waals surface area contributed by atoms with Crippen LogP contribution in [0.25, 0.3) is 32.3 Å². The van der Waals surface area contributed by atoms with Crippen molar-refractivity contribution in [3.8, 4) is 0 Å². The summed E-state index contributed by atoms with van der Waals surface area (Å²) in [7, 11) is 0. The quantitative estimate of drug-likeness (QED) is 0.153. The fraction of sp³-hybridized carbons (Fsp3) is 0.192. The Kier molecular flexibility index (Phi) is 8.60. The van der Waals surface area contributed by atoms with Crippen molar-refractivity contribution in [1.82, 2.24) is 29.8 Å². The molecule has 6 heterocycles. The summed E-state index contributed by atoms with van der Waals surface area (Å²) in [5, 5.41) is 1.47. The van der Waals surface area contributed by atoms with E-state index in [-0.39, 0.29) is 99.1 Å². The molecular weight excluding hydrogens is 901 g/mol. The lowest BCUT2D eigenvalue weighted by Gasteiger charge is -2.40. The van der Waals surface area contributed by atoms with Crippen LogP contribution < -0.4 is 0 Å². The third kappa shape index (κ3) is 4.90. The van der Waals surface area contributed by atoms with Gasteiger partial charge in [-0.05, 0) is 98.5 Å². The van der Waals surface area contributed by atoms with Gasteiger partial charge in [-0.3, -0.25) is 67.3 Å². The van der Waals surface area contributed by atoms with Gasteiger partial charge in [0.25, 0.3) is 70.9 Å². The van der Waals surface area contributed by atoms with Crippen LogP contribution in [0, 0.1) is 0 Å². The number of hydrazine groups is 2. The Morgan fingerprint density at radius 3 is 0.500 bits per heavy atom. The number of amides is 12. The molecule has 18 nitrogen and oxygen atoms in total. The maximum atomic E-state index is 14.6. The van der Waals surface area contributed by atoms with Crippen molar-refractivity contribution >= 4 is 103 Å². The smallest absolute Gasteiger partial charge is 0.271 e. The Morgan fingerprint density at radius 2 is 0.371 bits per heavy atom. The van der Waals surface area contributed by atoms with Gasteiger partial charge in [-0.25, -0.2) is 0 Å². The molecule has 0 N–H and O–H groups in total. The first-order valence-electron chi connectivity index (χ1n) is 22.7. The van der Waals surface area contributed by atoms with E-state index in [2.05, 4.69) is 0 Å². The molecule has 0 aliphatic carbocycles. The average Bonchev–Trinajstić information content (AvgIpc) is 3.36. The van der Waals surface area contributed by atoms with Gasteiger partial charge < -0.3 is 0 Å². The molecule has 6 aromatic carbocycles. The highest BCUT2D eigenvalue weighted by atomic mass is 16.2. The largest absolute Gasteiger partial charge is 0.281 e. The van der Waals surface area contributed by atoms with Crippen LogP contribution in [0.2, 0.25) is 0 Å². The van der Waals surface area contributed by atoms with Gasteiger partial charge in [-0.2, -0.15) is 20.0 Å². The van der Waals surface area contributed by atoms with Crippen molar-refractivity contribution in [3.05, 3.63) is 140 Å². The van der Waals surface area contributed by atoms with Gasteiger partial charge in [-0.1, -0.05) is 27.7 Å². The van der Waals surface area contributed by atoms with E-state index in [0.29, 0.717) is 45.7 Å². The lowest BCUT2D eigenvalue weighted by atomic mass is 9.84. The van der Waals surface area contributed by atoms with Gasteiger partial charge in [0.15, 0.2) is 0 Å². The molecule has 6 aliphatic rings. The molecule has 12 rings (SSSR count). The molecule has 0 saturated heterocycles. The van der Waals surface area contributed by atoms with Crippen LogP contribution in [-0.4, -0.2) is 113 Å². The van der Waals surface area contributed by atoms with Crippen molar-refractivity contribution in [2.24, 2.45) is 0 Å². The number of imide groups is 6. The first-order valence-corrected chi connectivity index (χ1v) is 22.7. The molecule has 18 heteroatoms. The van der Waals surface area contributed by atoms with Gasteiger partial charge >= 0.3 is 0 Å². The van der Waals surface area contributed by atoms with E-state index in [9.17, 15) is 57.5 Å². The summed E-state index contributed by atoms with van der Waals surface area (Å²) in [5.41, 5.74) is -1.29. The summed E-state index contributed by atoms with van der Waals surface area (Å²) >= 11 is 0. The van der Waals surface area contributed by atoms with Gasteiger partial charge in [0, 0.05) is 66.7 Å². The summed E-state index contributed by atoms with van der Waals surface area (Å²) in [4.78, 5) is 174. The highest BCUT2D eigenvalue weighted by Gasteiger charge is 2.51. The molecule has 0 atom stereocenters. The molecule has 0 radical (unpaired) electrons. The van der Waals surface area contributed by atoms with Crippen LogP contribution >= 0.6 is 0 Å². The van der Waals surface area contributed by atoms with Gasteiger partial charge in [0.05, 0.1) is 44.5 Å². The molecule has 344 valence electrons. The maximum Gasteiger partial charge on any atom is 0.281 e. The number of nitrogens with zero attached hydrogens (tertiary/aromatic N) is 6. The molecule has 0 unspecified atom stereocenters. The van der Waals surface area contributed by atoms with Crippen molar-refractivity contribution in [2.75, 3.05) is 0 Å². The second kappa shape index (κ2) is 14.2. The predicted octanol–water partition coefficient (Wildman–Crippen LogP) is 6.33. The number of rotatable bonds is 8. The van der Waals surface area contributed by atoms with E-state index >= 15 is 0 Å². The summed E-state index contributed by atoms with van der Waals surface area (Å²) in [5.74, 6) is -11.4. The average molecular weight is 935 g/mol. The highest BCUT2D eigenvalue weighted by Crippen LogP contribution is 2.45. The Morgan fingerprint density at radius 1 is 0.243 bits per heavy atom. The minimum absolute atomic E-state index is 0.0214. The van der Waals surface area contributed by atoms with Gasteiger partial charge in [0.1, 0.15) is 0 Å². The van der Waals surface area contributed by atoms with Gasteiger partial charge in [-0.15, -0.1) is 0 Å². The highest BCUT2D eigenvalue weighted by molar-refractivity contribution is 6.39. The monoisotopic (exact) mass is 934 g/mol. The molecular formula is C52H34N6O12. The minimum Gasteiger partial charge on any atom is -0.271 e. The molecule has 0 spiro atoms. The number of carbonyl (C=O) groups is 12. The van der Waals surface area contributed by atoms with Crippen LogP contribution in [0.5, 0.6) is 0 Å². The number of hydrogen-bond donors (Lipinski definition) is 0. The summed E-state index contributed by atoms with van der Waals surface area (Å²) in [6.45, 7) is 7.41. The molecule has 6 aromatic rings. The van der Waals surface area contributed by atoms with Crippen molar-refractivity contribution in [1.29, 1.82) is 0 Å². The van der Waals surface area contributed by atoms with Crippen LogP contribution in [-0.2, 0) is 0 Å². The topological polar surface area (TPSA) is 224 Å². The zero-order chi connectivity index (χ0) is 49.3. The molecule has 12 amide bonds. The van der Waals surface area contributed by atoms with Crippen LogP contribution in [0.1, 0.15) is 178 Å². The third-order valence-electron chi connectivity index (χ3n) is 14.7. The fourth-order valence-electron chi connectivity index (χ4n) is 11.3. The first kappa shape index (κ1) is 42.3. The lowest BCUT2D eigenvalue weighted by molar-refractivity contribution is 0.00168. The Labute approximate surface area is 394 Å². The normalized spacial score (nSPS) is 17.2. The Hall–Kier alpha value is -9.06. The minimum atomic E-state index is -1.16. The zero-order valence-electron chi connectivity index (χ0n) is 37.5. The molecule has 0 aromatic heterocycles. The second-order valence-electron chi connectivity index (χ2n) is 17.8. The predicted molar refractivity (Wildman–Crippen MR) is 244 cm³/mol. The third-order valence-corrected chi connectivity index (χ3v) is 14.7. The number of carbonyl (C=O) groups excluding carboxylic acids is 12. The standard InChI is InChI=1S/C52H34N6O12/c1-5-21(6-2)53-41(59)23-9-13-27-37-28(14-10-24(35(23)37)42(53)60)46(64)55(45(27)63)57-49(67)31-17-19-33-40-34(20-18-32(39(31)40)50(57)68)52(70)58(51(33)69)56-47(65)29-15-11-25-36-26(12-16-30(38(29)36)48(56)66)44(62)54(43(25)61)22(7-3)8-4/h9-22H,5-8H2,1-4H3. The Balaban J connectivity index is 0.902. The van der Waals surface area contributed by atoms with E-state index in [1.165, 1.54) is 58.3 Å². The van der Waals surface area contributed by atoms with Crippen molar-refractivity contribution < 1.29 is 57.5 Å². The molecule has 6 aliphatic heterocycles. The Bertz CT molecular complexity index is 3300. The van der Waals surface area contributed by atoms with E-state index in [1.807, 2.05) is 27.7 Å². The van der Waals surface area contributed by atoms with Crippen molar-refractivity contribution in [3.63, 3.8) is 0 Å². The summed E-state index contributed by atoms with van der Waals surface area (Å²) < 4.78 is 0. The van der Waals surface area contributed by atoms with Crippen LogP contribution in [0.15, 0.2) is 72.8 Å². The molecule has 0 bridgehead atoms. The molecule has 0 saturated carbocycles. The number of hydrogen-bond acceptors (Lipinski definition) is 12. The zero-order valence-corrected chi connectivity index (χ0v) is 37.5. The van der Waals surface area contributed by atoms with E-state index in [1.54, 1.807) is 0 Å². The summed E-state index contributed by atoms with van der Waals surface area (Å²) in [6.07, 6.45) is 2.00. The molecule has 0 fully saturated rings. The van der Waals surface area contributed by atoms with E-state index in [0.717, 1.165) is 24.3 Å². The fourth-order valence-corrected chi connectivity index (χ4v) is 11.3. The van der Waals surface area contributed by atoms with Gasteiger partial charge in [0.2, 0.25) is 0 Å². The van der Waals surface area contributed by atoms with Crippen molar-refractivity contribution in [2.45, 2.75) is 65.5 Å². The lowest BCUT2D eigenvalue weighted by Crippen LogP contribution is -2.59. The van der Waals surface area contributed by atoms with Crippen LogP contribution in [0.3, 0.4) is 0 Å². The molecule has 70 heavy (non-hydrogen) atoms. The first-order chi connectivity index (χ1) is 33.6. The van der Waals surface area contributed by atoms with E-state index in [4.69, 9.17) is 0 Å².